The Morgan fingerprint density at radius 3 is 2.87 bits per heavy atom. The minimum absolute atomic E-state index is 0.117. The first kappa shape index (κ1) is 21.1. The fourth-order valence-corrected chi connectivity index (χ4v) is 3.44. The lowest BCUT2D eigenvalue weighted by molar-refractivity contribution is 0.0929. The number of ether oxygens (including phenoxy) is 1. The third-order valence-corrected chi connectivity index (χ3v) is 5.06. The van der Waals surface area contributed by atoms with E-state index in [1.165, 1.54) is 18.3 Å². The topological polar surface area (TPSA) is 63.8 Å². The number of furan rings is 1. The molecule has 0 fully saturated rings. The molecule has 0 aliphatic carbocycles. The van der Waals surface area contributed by atoms with Gasteiger partial charge >= 0.3 is 5.91 Å². The molecular formula is C23H15BrClFN2O3. The monoisotopic (exact) mass is 500 g/mol. The molecule has 4 aromatic rings. The standard InChI is InChI=1S/C23H15BrClFN2O3/c24-17-4-6-20(30-13-14-2-1-3-19(26)8-14)16(9-17)12-27-28-23(29)22-11-15-10-18(25)5-7-21(15)31-22/h1-12H,13H2,(H,28,29)/b27-12+. The lowest BCUT2D eigenvalue weighted by Crippen LogP contribution is -2.16. The van der Waals surface area contributed by atoms with Crippen LogP contribution in [0, 0.1) is 5.82 Å². The maximum atomic E-state index is 13.4. The normalized spacial score (nSPS) is 11.2. The summed E-state index contributed by atoms with van der Waals surface area (Å²) in [6.45, 7) is 0.189. The summed E-state index contributed by atoms with van der Waals surface area (Å²) < 4.78 is 25.5. The van der Waals surface area contributed by atoms with E-state index >= 15 is 0 Å². The van der Waals surface area contributed by atoms with Crippen LogP contribution in [0.1, 0.15) is 21.7 Å². The molecule has 0 saturated carbocycles. The zero-order chi connectivity index (χ0) is 21.8. The van der Waals surface area contributed by atoms with Crippen LogP contribution >= 0.6 is 27.5 Å². The molecule has 8 heteroatoms. The number of hydrogen-bond donors (Lipinski definition) is 1. The first-order valence-electron chi connectivity index (χ1n) is 9.17. The summed E-state index contributed by atoms with van der Waals surface area (Å²) in [4.78, 5) is 12.4. The first-order chi connectivity index (χ1) is 15.0. The number of amides is 1. The second kappa shape index (κ2) is 9.32. The van der Waals surface area contributed by atoms with Crippen LogP contribution in [0.25, 0.3) is 11.0 Å². The van der Waals surface area contributed by atoms with Crippen LogP contribution in [0.2, 0.25) is 5.02 Å². The maximum absolute atomic E-state index is 13.4. The van der Waals surface area contributed by atoms with Crippen molar-refractivity contribution in [2.45, 2.75) is 6.61 Å². The molecule has 31 heavy (non-hydrogen) atoms. The van der Waals surface area contributed by atoms with E-state index in [9.17, 15) is 9.18 Å². The fourth-order valence-electron chi connectivity index (χ4n) is 2.88. The highest BCUT2D eigenvalue weighted by Gasteiger charge is 2.12. The van der Waals surface area contributed by atoms with Crippen molar-refractivity contribution in [1.29, 1.82) is 0 Å². The highest BCUT2D eigenvalue weighted by Crippen LogP contribution is 2.24. The van der Waals surface area contributed by atoms with Gasteiger partial charge in [0.1, 0.15) is 23.8 Å². The zero-order valence-corrected chi connectivity index (χ0v) is 18.3. The van der Waals surface area contributed by atoms with Crippen molar-refractivity contribution in [2.24, 2.45) is 5.10 Å². The van der Waals surface area contributed by atoms with Crippen LogP contribution in [-0.2, 0) is 6.61 Å². The summed E-state index contributed by atoms with van der Waals surface area (Å²) in [7, 11) is 0. The summed E-state index contributed by atoms with van der Waals surface area (Å²) in [6, 6.07) is 18.2. The highest BCUT2D eigenvalue weighted by atomic mass is 79.9. The van der Waals surface area contributed by atoms with Gasteiger partial charge in [0.2, 0.25) is 0 Å². The number of carbonyl (C=O) groups is 1. The van der Waals surface area contributed by atoms with E-state index in [2.05, 4.69) is 26.5 Å². The van der Waals surface area contributed by atoms with Crippen molar-refractivity contribution in [3.63, 3.8) is 0 Å². The number of nitrogens with zero attached hydrogens (tertiary/aromatic N) is 1. The Labute approximate surface area is 190 Å². The molecule has 0 atom stereocenters. The lowest BCUT2D eigenvalue weighted by Gasteiger charge is -2.10. The van der Waals surface area contributed by atoms with Crippen molar-refractivity contribution in [3.05, 3.63) is 98.9 Å². The molecule has 0 aliphatic heterocycles. The molecule has 1 amide bonds. The smallest absolute Gasteiger partial charge is 0.307 e. The van der Waals surface area contributed by atoms with E-state index in [0.717, 1.165) is 9.86 Å². The van der Waals surface area contributed by atoms with E-state index < -0.39 is 5.91 Å². The van der Waals surface area contributed by atoms with Crippen LogP contribution in [0.5, 0.6) is 5.75 Å². The van der Waals surface area contributed by atoms with E-state index in [1.807, 2.05) is 6.07 Å². The lowest BCUT2D eigenvalue weighted by atomic mass is 10.2. The van der Waals surface area contributed by atoms with Crippen molar-refractivity contribution in [3.8, 4) is 5.75 Å². The van der Waals surface area contributed by atoms with Crippen LogP contribution in [0.15, 0.2) is 80.7 Å². The second-order valence-corrected chi connectivity index (χ2v) is 7.94. The SMILES string of the molecule is O=C(N/N=C/c1cc(Br)ccc1OCc1cccc(F)c1)c1cc2cc(Cl)ccc2o1. The van der Waals surface area contributed by atoms with Crippen molar-refractivity contribution in [1.82, 2.24) is 5.43 Å². The molecule has 0 radical (unpaired) electrons. The van der Waals surface area contributed by atoms with E-state index in [4.69, 9.17) is 20.8 Å². The maximum Gasteiger partial charge on any atom is 0.307 e. The Balaban J connectivity index is 1.46. The number of benzene rings is 3. The number of carbonyl (C=O) groups excluding carboxylic acids is 1. The summed E-state index contributed by atoms with van der Waals surface area (Å²) in [5.74, 6) is -0.176. The molecule has 1 N–H and O–H groups in total. The summed E-state index contributed by atoms with van der Waals surface area (Å²) >= 11 is 9.36. The Bertz CT molecular complexity index is 1290. The average molecular weight is 502 g/mol. The molecular weight excluding hydrogens is 487 g/mol. The summed E-state index contributed by atoms with van der Waals surface area (Å²) in [6.07, 6.45) is 1.46. The number of halogens is 3. The van der Waals surface area contributed by atoms with E-state index in [-0.39, 0.29) is 18.2 Å². The molecule has 1 heterocycles. The summed E-state index contributed by atoms with van der Waals surface area (Å²) in [5, 5.41) is 5.28. The van der Waals surface area contributed by atoms with Crippen LogP contribution < -0.4 is 10.2 Å². The minimum Gasteiger partial charge on any atom is -0.488 e. The first-order valence-corrected chi connectivity index (χ1v) is 10.3. The highest BCUT2D eigenvalue weighted by molar-refractivity contribution is 9.10. The molecule has 4 rings (SSSR count). The van der Waals surface area contributed by atoms with Crippen LogP contribution in [-0.4, -0.2) is 12.1 Å². The molecule has 0 aliphatic rings. The molecule has 156 valence electrons. The van der Waals surface area contributed by atoms with Crippen molar-refractivity contribution >= 4 is 50.6 Å². The minimum atomic E-state index is -0.499. The fraction of sp³-hybridized carbons (Fsp3) is 0.0435. The molecule has 0 bridgehead atoms. The van der Waals surface area contributed by atoms with Crippen molar-refractivity contribution < 1.29 is 18.3 Å². The Hall–Kier alpha value is -3.16. The van der Waals surface area contributed by atoms with Gasteiger partial charge in [-0.05, 0) is 60.2 Å². The predicted octanol–water partition coefficient (Wildman–Crippen LogP) is 6.33. The Morgan fingerprint density at radius 1 is 1.16 bits per heavy atom. The summed E-state index contributed by atoms with van der Waals surface area (Å²) in [5.41, 5.74) is 4.31. The van der Waals surface area contributed by atoms with Gasteiger partial charge in [-0.3, -0.25) is 4.79 Å². The van der Waals surface area contributed by atoms with E-state index in [1.54, 1.807) is 48.5 Å². The number of hydrazone groups is 1. The van der Waals surface area contributed by atoms with Gasteiger partial charge in [-0.1, -0.05) is 39.7 Å². The molecule has 0 saturated heterocycles. The third-order valence-electron chi connectivity index (χ3n) is 4.33. The van der Waals surface area contributed by atoms with E-state index in [0.29, 0.717) is 27.5 Å². The van der Waals surface area contributed by atoms with Crippen LogP contribution in [0.4, 0.5) is 4.39 Å². The predicted molar refractivity (Wildman–Crippen MR) is 121 cm³/mol. The second-order valence-electron chi connectivity index (χ2n) is 6.59. The van der Waals surface area contributed by atoms with Gasteiger partial charge in [0.05, 0.1) is 6.21 Å². The van der Waals surface area contributed by atoms with Gasteiger partial charge in [0.25, 0.3) is 0 Å². The van der Waals surface area contributed by atoms with Crippen LogP contribution in [0.3, 0.4) is 0 Å². The molecule has 0 unspecified atom stereocenters. The molecule has 5 nitrogen and oxygen atoms in total. The number of nitrogens with one attached hydrogen (secondary N) is 1. The van der Waals surface area contributed by atoms with Gasteiger partial charge in [-0.25, -0.2) is 9.82 Å². The van der Waals surface area contributed by atoms with Gasteiger partial charge < -0.3 is 9.15 Å². The van der Waals surface area contributed by atoms with Gasteiger partial charge in [0, 0.05) is 20.4 Å². The Kier molecular flexibility index (Phi) is 6.34. The average Bonchev–Trinajstić information content (AvgIpc) is 3.16. The van der Waals surface area contributed by atoms with Gasteiger partial charge in [-0.15, -0.1) is 0 Å². The molecule has 0 spiro atoms. The number of rotatable bonds is 6. The molecule has 1 aromatic heterocycles. The van der Waals surface area contributed by atoms with Gasteiger partial charge in [-0.2, -0.15) is 5.10 Å². The largest absolute Gasteiger partial charge is 0.488 e. The zero-order valence-electron chi connectivity index (χ0n) is 15.9. The quantitative estimate of drug-likeness (QED) is 0.248. The number of fused-ring (bicyclic) bond motifs is 1. The van der Waals surface area contributed by atoms with Crippen molar-refractivity contribution in [2.75, 3.05) is 0 Å². The van der Waals surface area contributed by atoms with Gasteiger partial charge in [0.15, 0.2) is 5.76 Å². The molecule has 3 aromatic carbocycles. The number of hydrogen-bond acceptors (Lipinski definition) is 4. The third kappa shape index (κ3) is 5.31. The Morgan fingerprint density at radius 2 is 2.03 bits per heavy atom.